The van der Waals surface area contributed by atoms with Crippen LogP contribution in [-0.4, -0.2) is 5.78 Å². The van der Waals surface area contributed by atoms with E-state index in [1.54, 1.807) is 6.92 Å². The van der Waals surface area contributed by atoms with Crippen molar-refractivity contribution in [3.8, 4) is 0 Å². The highest BCUT2D eigenvalue weighted by molar-refractivity contribution is 5.84. The van der Waals surface area contributed by atoms with Gasteiger partial charge in [0.25, 0.3) is 0 Å². The van der Waals surface area contributed by atoms with Crippen molar-refractivity contribution in [3.63, 3.8) is 0 Å². The van der Waals surface area contributed by atoms with Crippen molar-refractivity contribution in [2.45, 2.75) is 39.0 Å². The standard InChI is InChI=1S/C14H18O/c1-11(13-7-4-3-5-8-13)14(12(2)15)9-6-10-14/h3-5,7-8,11H,6,9-10H2,1-2H3/t11-/m0/s1. The van der Waals surface area contributed by atoms with Gasteiger partial charge < -0.3 is 0 Å². The number of carbonyl (C=O) groups excluding carboxylic acids is 1. The first-order chi connectivity index (χ1) is 7.17. The number of ketones is 1. The van der Waals surface area contributed by atoms with E-state index in [9.17, 15) is 4.79 Å². The van der Waals surface area contributed by atoms with Crippen molar-refractivity contribution >= 4 is 5.78 Å². The summed E-state index contributed by atoms with van der Waals surface area (Å²) in [5, 5.41) is 0. The first-order valence-corrected chi connectivity index (χ1v) is 5.73. The number of rotatable bonds is 3. The van der Waals surface area contributed by atoms with Gasteiger partial charge in [-0.2, -0.15) is 0 Å². The molecule has 1 aliphatic carbocycles. The minimum Gasteiger partial charge on any atom is -0.299 e. The summed E-state index contributed by atoms with van der Waals surface area (Å²) in [6, 6.07) is 10.4. The van der Waals surface area contributed by atoms with Crippen LogP contribution < -0.4 is 0 Å². The van der Waals surface area contributed by atoms with Crippen LogP contribution in [0.4, 0.5) is 0 Å². The number of benzene rings is 1. The van der Waals surface area contributed by atoms with E-state index in [1.807, 2.05) is 6.07 Å². The average Bonchev–Trinajstić information content (AvgIpc) is 2.16. The van der Waals surface area contributed by atoms with Gasteiger partial charge >= 0.3 is 0 Å². The lowest BCUT2D eigenvalue weighted by molar-refractivity contribution is -0.132. The maximum atomic E-state index is 11.8. The van der Waals surface area contributed by atoms with Gasteiger partial charge in [-0.05, 0) is 31.2 Å². The zero-order valence-electron chi connectivity index (χ0n) is 9.49. The Labute approximate surface area is 91.5 Å². The Balaban J connectivity index is 2.27. The third-order valence-electron chi connectivity index (χ3n) is 4.08. The van der Waals surface area contributed by atoms with Crippen LogP contribution in [0.5, 0.6) is 0 Å². The zero-order valence-corrected chi connectivity index (χ0v) is 9.49. The van der Waals surface area contributed by atoms with Gasteiger partial charge in [-0.25, -0.2) is 0 Å². The molecule has 0 aliphatic heterocycles. The summed E-state index contributed by atoms with van der Waals surface area (Å²) in [6.45, 7) is 3.94. The summed E-state index contributed by atoms with van der Waals surface area (Å²) >= 11 is 0. The van der Waals surface area contributed by atoms with Crippen molar-refractivity contribution < 1.29 is 4.79 Å². The maximum absolute atomic E-state index is 11.8. The molecule has 80 valence electrons. The minimum absolute atomic E-state index is 0.0542. The van der Waals surface area contributed by atoms with E-state index < -0.39 is 0 Å². The van der Waals surface area contributed by atoms with Crippen LogP contribution in [0.3, 0.4) is 0 Å². The number of hydrogen-bond acceptors (Lipinski definition) is 1. The van der Waals surface area contributed by atoms with E-state index in [-0.39, 0.29) is 5.41 Å². The van der Waals surface area contributed by atoms with Crippen molar-refractivity contribution in [1.82, 2.24) is 0 Å². The molecule has 1 aliphatic rings. The number of hydrogen-bond donors (Lipinski definition) is 0. The molecule has 1 aromatic carbocycles. The highest BCUT2D eigenvalue weighted by Gasteiger charge is 2.46. The fourth-order valence-electron chi connectivity index (χ4n) is 2.71. The van der Waals surface area contributed by atoms with Crippen molar-refractivity contribution in [3.05, 3.63) is 35.9 Å². The number of carbonyl (C=O) groups is 1. The minimum atomic E-state index is -0.0542. The summed E-state index contributed by atoms with van der Waals surface area (Å²) < 4.78 is 0. The van der Waals surface area contributed by atoms with Gasteiger partial charge in [-0.3, -0.25) is 4.79 Å². The lowest BCUT2D eigenvalue weighted by atomic mass is 9.58. The summed E-state index contributed by atoms with van der Waals surface area (Å²) in [5.41, 5.74) is 1.24. The van der Waals surface area contributed by atoms with Gasteiger partial charge in [0.2, 0.25) is 0 Å². The molecule has 0 saturated heterocycles. The molecule has 1 fully saturated rings. The molecule has 1 nitrogen and oxygen atoms in total. The molecule has 0 unspecified atom stereocenters. The lowest BCUT2D eigenvalue weighted by Crippen LogP contribution is -2.41. The highest BCUT2D eigenvalue weighted by Crippen LogP contribution is 2.51. The third-order valence-corrected chi connectivity index (χ3v) is 4.08. The molecule has 0 amide bonds. The Kier molecular flexibility index (Phi) is 2.64. The topological polar surface area (TPSA) is 17.1 Å². The first-order valence-electron chi connectivity index (χ1n) is 5.73. The Bertz CT molecular complexity index is 349. The highest BCUT2D eigenvalue weighted by atomic mass is 16.1. The SMILES string of the molecule is CC(=O)C1([C@@H](C)c2ccccc2)CCC1. The normalized spacial score (nSPS) is 20.4. The smallest absolute Gasteiger partial charge is 0.136 e. The van der Waals surface area contributed by atoms with Gasteiger partial charge in [0.15, 0.2) is 0 Å². The molecule has 0 heterocycles. The molecule has 0 N–H and O–H groups in total. The van der Waals surface area contributed by atoms with Crippen LogP contribution in [0.2, 0.25) is 0 Å². The van der Waals surface area contributed by atoms with Gasteiger partial charge in [-0.1, -0.05) is 43.7 Å². The quantitative estimate of drug-likeness (QED) is 0.732. The van der Waals surface area contributed by atoms with Gasteiger partial charge in [-0.15, -0.1) is 0 Å². The lowest BCUT2D eigenvalue weighted by Gasteiger charge is -2.44. The molecular weight excluding hydrogens is 184 g/mol. The predicted molar refractivity (Wildman–Crippen MR) is 61.8 cm³/mol. The van der Waals surface area contributed by atoms with Crippen LogP contribution in [0.1, 0.15) is 44.6 Å². The molecule has 1 saturated carbocycles. The van der Waals surface area contributed by atoms with Crippen LogP contribution in [0, 0.1) is 5.41 Å². The molecular formula is C14H18O. The monoisotopic (exact) mass is 202 g/mol. The Morgan fingerprint density at radius 1 is 1.27 bits per heavy atom. The van der Waals surface area contributed by atoms with E-state index >= 15 is 0 Å². The molecule has 0 bridgehead atoms. The Hall–Kier alpha value is -1.11. The second-order valence-corrected chi connectivity index (χ2v) is 4.70. The maximum Gasteiger partial charge on any atom is 0.136 e. The summed E-state index contributed by atoms with van der Waals surface area (Å²) in [7, 11) is 0. The second-order valence-electron chi connectivity index (χ2n) is 4.70. The number of Topliss-reactive ketones (excluding diaryl/α,β-unsaturated/α-hetero) is 1. The molecule has 0 aromatic heterocycles. The third kappa shape index (κ3) is 1.60. The van der Waals surface area contributed by atoms with E-state index in [4.69, 9.17) is 0 Å². The summed E-state index contributed by atoms with van der Waals surface area (Å²) in [5.74, 6) is 0.732. The largest absolute Gasteiger partial charge is 0.299 e. The van der Waals surface area contributed by atoms with Crippen molar-refractivity contribution in [1.29, 1.82) is 0 Å². The molecule has 1 atom stereocenters. The molecule has 15 heavy (non-hydrogen) atoms. The molecule has 2 rings (SSSR count). The Morgan fingerprint density at radius 3 is 2.27 bits per heavy atom. The van der Waals surface area contributed by atoms with Gasteiger partial charge in [0.05, 0.1) is 0 Å². The zero-order chi connectivity index (χ0) is 10.9. The van der Waals surface area contributed by atoms with Gasteiger partial charge in [0.1, 0.15) is 5.78 Å². The van der Waals surface area contributed by atoms with E-state index in [2.05, 4.69) is 31.2 Å². The summed E-state index contributed by atoms with van der Waals surface area (Å²) in [6.07, 6.45) is 3.34. The second kappa shape index (κ2) is 3.80. The fraction of sp³-hybridized carbons (Fsp3) is 0.500. The predicted octanol–water partition coefficient (Wildman–Crippen LogP) is 3.55. The van der Waals surface area contributed by atoms with E-state index in [0.717, 1.165) is 12.8 Å². The first kappa shape index (κ1) is 10.4. The van der Waals surface area contributed by atoms with E-state index in [1.165, 1.54) is 12.0 Å². The average molecular weight is 202 g/mol. The Morgan fingerprint density at radius 2 is 1.87 bits per heavy atom. The molecule has 1 heteroatoms. The van der Waals surface area contributed by atoms with Crippen LogP contribution >= 0.6 is 0 Å². The van der Waals surface area contributed by atoms with Crippen LogP contribution in [0.15, 0.2) is 30.3 Å². The van der Waals surface area contributed by atoms with Crippen LogP contribution in [0.25, 0.3) is 0 Å². The van der Waals surface area contributed by atoms with E-state index in [0.29, 0.717) is 11.7 Å². The van der Waals surface area contributed by atoms with Crippen molar-refractivity contribution in [2.24, 2.45) is 5.41 Å². The molecule has 1 aromatic rings. The molecule has 0 radical (unpaired) electrons. The summed E-state index contributed by atoms with van der Waals surface area (Å²) in [4.78, 5) is 11.8. The molecule has 0 spiro atoms. The van der Waals surface area contributed by atoms with Crippen LogP contribution in [-0.2, 0) is 4.79 Å². The van der Waals surface area contributed by atoms with Gasteiger partial charge in [0, 0.05) is 5.41 Å². The fourth-order valence-corrected chi connectivity index (χ4v) is 2.71. The van der Waals surface area contributed by atoms with Crippen molar-refractivity contribution in [2.75, 3.05) is 0 Å².